The van der Waals surface area contributed by atoms with E-state index < -0.39 is 0 Å². The molecule has 0 aliphatic heterocycles. The van der Waals surface area contributed by atoms with Crippen molar-refractivity contribution >= 4 is 63.3 Å². The largest absolute Gasteiger partial charge is 0.353 e. The van der Waals surface area contributed by atoms with Crippen LogP contribution in [-0.2, 0) is 0 Å². The predicted molar refractivity (Wildman–Crippen MR) is 132 cm³/mol. The fourth-order valence-electron chi connectivity index (χ4n) is 3.52. The second kappa shape index (κ2) is 9.45. The van der Waals surface area contributed by atoms with Crippen LogP contribution >= 0.6 is 35.6 Å². The maximum absolute atomic E-state index is 12.8. The van der Waals surface area contributed by atoms with Crippen molar-refractivity contribution in [1.82, 2.24) is 20.2 Å². The average Bonchev–Trinajstić information content (AvgIpc) is 3.09. The van der Waals surface area contributed by atoms with Crippen LogP contribution in [0.1, 0.15) is 16.1 Å². The summed E-state index contributed by atoms with van der Waals surface area (Å²) >= 11 is 12.4. The lowest BCUT2D eigenvalue weighted by Crippen LogP contribution is -2.31. The number of H-pyrrole nitrogens is 1. The fraction of sp³-hybridized carbons (Fsp3) is 0.217. The van der Waals surface area contributed by atoms with E-state index in [0.29, 0.717) is 28.0 Å². The number of aryl methyl sites for hydroxylation is 1. The Kier molecular flexibility index (Phi) is 7.12. The van der Waals surface area contributed by atoms with Crippen molar-refractivity contribution in [3.8, 4) is 11.3 Å². The molecule has 2 heterocycles. The number of likely N-dealkylation sites (N-methyl/N-ethyl adjacent to an activating group) is 1. The lowest BCUT2D eigenvalue weighted by atomic mass is 10.1. The fourth-order valence-corrected chi connectivity index (χ4v) is 3.82. The van der Waals surface area contributed by atoms with Crippen LogP contribution in [0, 0.1) is 6.92 Å². The van der Waals surface area contributed by atoms with Crippen LogP contribution in [0.4, 0.5) is 0 Å². The summed E-state index contributed by atoms with van der Waals surface area (Å²) in [6.07, 6.45) is 0. The topological polar surface area (TPSA) is 61.0 Å². The van der Waals surface area contributed by atoms with Gasteiger partial charge in [-0.15, -0.1) is 12.4 Å². The molecule has 8 heteroatoms. The van der Waals surface area contributed by atoms with Crippen molar-refractivity contribution in [2.75, 3.05) is 27.2 Å². The van der Waals surface area contributed by atoms with Gasteiger partial charge in [-0.2, -0.15) is 0 Å². The molecule has 2 aromatic carbocycles. The number of carbonyl (C=O) groups is 1. The van der Waals surface area contributed by atoms with Crippen LogP contribution in [0.2, 0.25) is 10.0 Å². The lowest BCUT2D eigenvalue weighted by molar-refractivity contribution is 0.0946. The Morgan fingerprint density at radius 2 is 1.84 bits per heavy atom. The van der Waals surface area contributed by atoms with Crippen molar-refractivity contribution in [3.05, 3.63) is 63.8 Å². The van der Waals surface area contributed by atoms with E-state index in [4.69, 9.17) is 28.2 Å². The molecule has 0 fully saturated rings. The molecule has 0 atom stereocenters. The van der Waals surface area contributed by atoms with Crippen molar-refractivity contribution in [3.63, 3.8) is 0 Å². The van der Waals surface area contributed by atoms with Gasteiger partial charge in [-0.05, 0) is 44.8 Å². The maximum atomic E-state index is 12.8. The van der Waals surface area contributed by atoms with Gasteiger partial charge in [0.25, 0.3) is 5.91 Å². The zero-order valence-electron chi connectivity index (χ0n) is 17.4. The second-order valence-corrected chi connectivity index (χ2v) is 8.40. The molecule has 0 bridgehead atoms. The third-order valence-electron chi connectivity index (χ3n) is 5.10. The van der Waals surface area contributed by atoms with Gasteiger partial charge in [0.2, 0.25) is 0 Å². The van der Waals surface area contributed by atoms with E-state index in [1.807, 2.05) is 43.3 Å². The van der Waals surface area contributed by atoms with Crippen molar-refractivity contribution in [2.24, 2.45) is 0 Å². The first kappa shape index (κ1) is 23.4. The first-order valence-corrected chi connectivity index (χ1v) is 10.4. The molecule has 1 amide bonds. The van der Waals surface area contributed by atoms with Gasteiger partial charge in [0, 0.05) is 34.9 Å². The Bertz CT molecular complexity index is 1270. The second-order valence-electron chi connectivity index (χ2n) is 7.59. The third-order valence-corrected chi connectivity index (χ3v) is 5.84. The van der Waals surface area contributed by atoms with Crippen LogP contribution in [0.25, 0.3) is 33.1 Å². The molecular formula is C23H23Cl3N4O. The quantitative estimate of drug-likeness (QED) is 0.387. The summed E-state index contributed by atoms with van der Waals surface area (Å²) in [6, 6.07) is 13.3. The first-order valence-electron chi connectivity index (χ1n) is 9.65. The molecule has 4 aromatic rings. The van der Waals surface area contributed by atoms with E-state index in [2.05, 4.69) is 23.3 Å². The molecule has 31 heavy (non-hydrogen) atoms. The highest BCUT2D eigenvalue weighted by molar-refractivity contribution is 6.42. The summed E-state index contributed by atoms with van der Waals surface area (Å²) in [7, 11) is 3.93. The molecule has 4 rings (SSSR count). The minimum atomic E-state index is -0.206. The standard InChI is InChI=1S/C23H22Cl2N4O.ClH/c1-13-5-4-6-15-16-12-19(23(30)26-9-10-29(2)3)27-21(22(16)28-20(13)15)14-7-8-17(24)18(25)11-14;/h4-8,11-12,28H,9-10H2,1-3H3,(H,26,30);1H. The summed E-state index contributed by atoms with van der Waals surface area (Å²) in [5.41, 5.74) is 4.84. The minimum Gasteiger partial charge on any atom is -0.353 e. The van der Waals surface area contributed by atoms with Crippen molar-refractivity contribution in [1.29, 1.82) is 0 Å². The van der Waals surface area contributed by atoms with E-state index in [-0.39, 0.29) is 18.3 Å². The van der Waals surface area contributed by atoms with Gasteiger partial charge in [0.15, 0.2) is 0 Å². The van der Waals surface area contributed by atoms with Crippen LogP contribution in [0.15, 0.2) is 42.5 Å². The molecule has 0 unspecified atom stereocenters. The predicted octanol–water partition coefficient (Wildman–Crippen LogP) is 5.71. The maximum Gasteiger partial charge on any atom is 0.269 e. The molecule has 0 aliphatic carbocycles. The van der Waals surface area contributed by atoms with Crippen LogP contribution in [0.3, 0.4) is 0 Å². The normalized spacial score (nSPS) is 11.2. The molecule has 5 nitrogen and oxygen atoms in total. The van der Waals surface area contributed by atoms with Gasteiger partial charge >= 0.3 is 0 Å². The number of amides is 1. The van der Waals surface area contributed by atoms with Gasteiger partial charge < -0.3 is 15.2 Å². The molecule has 0 radical (unpaired) electrons. The van der Waals surface area contributed by atoms with Gasteiger partial charge in [0.05, 0.1) is 21.3 Å². The highest BCUT2D eigenvalue weighted by atomic mass is 35.5. The number of hydrogen-bond donors (Lipinski definition) is 2. The Morgan fingerprint density at radius 1 is 1.06 bits per heavy atom. The number of rotatable bonds is 5. The summed E-state index contributed by atoms with van der Waals surface area (Å²) in [5.74, 6) is -0.206. The number of benzene rings is 2. The number of aromatic amines is 1. The van der Waals surface area contributed by atoms with Crippen LogP contribution in [-0.4, -0.2) is 48.0 Å². The SMILES string of the molecule is Cc1cccc2c1[nH]c1c(-c3ccc(Cl)c(Cl)c3)nc(C(=O)NCCN(C)C)cc12.Cl. The smallest absolute Gasteiger partial charge is 0.269 e. The summed E-state index contributed by atoms with van der Waals surface area (Å²) in [6.45, 7) is 3.35. The van der Waals surface area contributed by atoms with Gasteiger partial charge in [-0.1, -0.05) is 47.5 Å². The van der Waals surface area contributed by atoms with Gasteiger partial charge in [-0.25, -0.2) is 4.98 Å². The summed E-state index contributed by atoms with van der Waals surface area (Å²) in [4.78, 5) is 23.1. The Labute approximate surface area is 197 Å². The number of halogens is 3. The van der Waals surface area contributed by atoms with E-state index >= 15 is 0 Å². The van der Waals surface area contributed by atoms with E-state index in [1.165, 1.54) is 0 Å². The molecule has 162 valence electrons. The minimum absolute atomic E-state index is 0. The number of aromatic nitrogens is 2. The Balaban J connectivity index is 0.00000272. The monoisotopic (exact) mass is 476 g/mol. The highest BCUT2D eigenvalue weighted by Gasteiger charge is 2.18. The van der Waals surface area contributed by atoms with Gasteiger partial charge in [0.1, 0.15) is 5.69 Å². The summed E-state index contributed by atoms with van der Waals surface area (Å²) in [5, 5.41) is 5.86. The molecular weight excluding hydrogens is 455 g/mol. The summed E-state index contributed by atoms with van der Waals surface area (Å²) < 4.78 is 0. The first-order chi connectivity index (χ1) is 14.3. The van der Waals surface area contributed by atoms with E-state index in [0.717, 1.165) is 39.5 Å². The molecule has 0 saturated carbocycles. The van der Waals surface area contributed by atoms with E-state index in [1.54, 1.807) is 12.1 Å². The lowest BCUT2D eigenvalue weighted by Gasteiger charge is -2.11. The van der Waals surface area contributed by atoms with Crippen LogP contribution < -0.4 is 5.32 Å². The Hall–Kier alpha value is -2.31. The van der Waals surface area contributed by atoms with E-state index in [9.17, 15) is 4.79 Å². The number of fused-ring (bicyclic) bond motifs is 3. The zero-order chi connectivity index (χ0) is 21.4. The molecule has 2 aromatic heterocycles. The molecule has 2 N–H and O–H groups in total. The molecule has 0 spiro atoms. The number of nitrogens with zero attached hydrogens (tertiary/aromatic N) is 2. The number of hydrogen-bond acceptors (Lipinski definition) is 3. The average molecular weight is 478 g/mol. The number of carbonyl (C=O) groups excluding carboxylic acids is 1. The van der Waals surface area contributed by atoms with Crippen LogP contribution in [0.5, 0.6) is 0 Å². The van der Waals surface area contributed by atoms with Gasteiger partial charge in [-0.3, -0.25) is 4.79 Å². The number of pyridine rings is 1. The highest BCUT2D eigenvalue weighted by Crippen LogP contribution is 2.35. The number of para-hydroxylation sites is 1. The Morgan fingerprint density at radius 3 is 2.55 bits per heavy atom. The molecule has 0 saturated heterocycles. The van der Waals surface area contributed by atoms with Crippen molar-refractivity contribution in [2.45, 2.75) is 6.92 Å². The number of nitrogens with one attached hydrogen (secondary N) is 2. The zero-order valence-corrected chi connectivity index (χ0v) is 19.8. The molecule has 0 aliphatic rings. The third kappa shape index (κ3) is 4.65. The van der Waals surface area contributed by atoms with Crippen molar-refractivity contribution < 1.29 is 4.79 Å².